The molecule has 0 spiro atoms. The first kappa shape index (κ1) is 15.5. The van der Waals surface area contributed by atoms with Gasteiger partial charge in [0.1, 0.15) is 0 Å². The summed E-state index contributed by atoms with van der Waals surface area (Å²) < 4.78 is 0. The maximum absolute atomic E-state index is 12.8. The number of aliphatic hydroxyl groups is 1. The van der Waals surface area contributed by atoms with Crippen molar-refractivity contribution >= 4 is 11.6 Å². The summed E-state index contributed by atoms with van der Waals surface area (Å²) in [6, 6.07) is 8.72. The Labute approximate surface area is 132 Å². The Morgan fingerprint density at radius 3 is 2.91 bits per heavy atom. The van der Waals surface area contributed by atoms with Crippen LogP contribution in [0.3, 0.4) is 0 Å². The van der Waals surface area contributed by atoms with E-state index in [4.69, 9.17) is 0 Å². The zero-order chi connectivity index (χ0) is 15.5. The Kier molecular flexibility index (Phi) is 4.79. The first-order chi connectivity index (χ1) is 10.7. The summed E-state index contributed by atoms with van der Waals surface area (Å²) in [5.41, 5.74) is 2.34. The van der Waals surface area contributed by atoms with Crippen molar-refractivity contribution in [2.75, 3.05) is 24.6 Å². The molecule has 0 aromatic heterocycles. The third-order valence-electron chi connectivity index (χ3n) is 5.13. The van der Waals surface area contributed by atoms with E-state index >= 15 is 0 Å². The average Bonchev–Trinajstić information content (AvgIpc) is 2.56. The highest BCUT2D eigenvalue weighted by Crippen LogP contribution is 2.28. The van der Waals surface area contributed by atoms with Gasteiger partial charge in [-0.3, -0.25) is 9.69 Å². The zero-order valence-electron chi connectivity index (χ0n) is 13.4. The summed E-state index contributed by atoms with van der Waals surface area (Å²) in [4.78, 5) is 17.0. The number of anilines is 1. The van der Waals surface area contributed by atoms with Crippen molar-refractivity contribution in [1.82, 2.24) is 4.90 Å². The Hall–Kier alpha value is -1.39. The lowest BCUT2D eigenvalue weighted by atomic mass is 9.96. The summed E-state index contributed by atoms with van der Waals surface area (Å²) in [7, 11) is 0. The van der Waals surface area contributed by atoms with E-state index in [0.717, 1.165) is 44.3 Å². The topological polar surface area (TPSA) is 43.8 Å². The van der Waals surface area contributed by atoms with Crippen LogP contribution in [0.5, 0.6) is 0 Å². The lowest BCUT2D eigenvalue weighted by molar-refractivity contribution is -0.121. The van der Waals surface area contributed by atoms with Crippen molar-refractivity contribution in [2.24, 2.45) is 0 Å². The lowest BCUT2D eigenvalue weighted by Gasteiger charge is -2.41. The van der Waals surface area contributed by atoms with Crippen LogP contribution in [0.25, 0.3) is 0 Å². The quantitative estimate of drug-likeness (QED) is 0.931. The van der Waals surface area contributed by atoms with E-state index in [9.17, 15) is 9.90 Å². The number of rotatable bonds is 3. The predicted octanol–water partition coefficient (Wildman–Crippen LogP) is 2.20. The van der Waals surface area contributed by atoms with E-state index in [0.29, 0.717) is 12.6 Å². The van der Waals surface area contributed by atoms with Gasteiger partial charge < -0.3 is 10.0 Å². The molecule has 1 aromatic rings. The smallest absolute Gasteiger partial charge is 0.241 e. The first-order valence-electron chi connectivity index (χ1n) is 8.45. The highest BCUT2D eigenvalue weighted by molar-refractivity contribution is 5.96. The number of benzene rings is 1. The number of fused-ring (bicyclic) bond motifs is 1. The third-order valence-corrected chi connectivity index (χ3v) is 5.13. The third kappa shape index (κ3) is 3.03. The Morgan fingerprint density at radius 1 is 1.27 bits per heavy atom. The number of amides is 1. The van der Waals surface area contributed by atoms with Crippen molar-refractivity contribution in [3.63, 3.8) is 0 Å². The summed E-state index contributed by atoms with van der Waals surface area (Å²) in [5.74, 6) is 0.166. The van der Waals surface area contributed by atoms with E-state index in [1.54, 1.807) is 0 Å². The van der Waals surface area contributed by atoms with Crippen LogP contribution in [-0.4, -0.2) is 47.7 Å². The van der Waals surface area contributed by atoms with Crippen LogP contribution in [0, 0.1) is 0 Å². The van der Waals surface area contributed by atoms with Gasteiger partial charge in [-0.05, 0) is 44.2 Å². The van der Waals surface area contributed by atoms with Gasteiger partial charge in [-0.15, -0.1) is 0 Å². The number of piperidine rings is 1. The van der Waals surface area contributed by atoms with E-state index in [-0.39, 0.29) is 18.6 Å². The predicted molar refractivity (Wildman–Crippen MR) is 88.0 cm³/mol. The Morgan fingerprint density at radius 2 is 2.09 bits per heavy atom. The molecule has 1 amide bonds. The van der Waals surface area contributed by atoms with Crippen molar-refractivity contribution < 1.29 is 9.90 Å². The molecule has 0 radical (unpaired) electrons. The fourth-order valence-electron chi connectivity index (χ4n) is 3.86. The number of nitrogens with zero attached hydrogens (tertiary/aromatic N) is 2. The Balaban J connectivity index is 1.74. The molecule has 2 aliphatic rings. The van der Waals surface area contributed by atoms with Crippen LogP contribution in [0.1, 0.15) is 38.2 Å². The number of hydrogen-bond acceptors (Lipinski definition) is 3. The minimum Gasteiger partial charge on any atom is -0.395 e. The van der Waals surface area contributed by atoms with Crippen molar-refractivity contribution in [1.29, 1.82) is 0 Å². The fraction of sp³-hybridized carbons (Fsp3) is 0.611. The molecule has 1 N–H and O–H groups in total. The van der Waals surface area contributed by atoms with Gasteiger partial charge in [0.05, 0.1) is 13.2 Å². The van der Waals surface area contributed by atoms with Crippen LogP contribution in [-0.2, 0) is 11.2 Å². The van der Waals surface area contributed by atoms with Crippen LogP contribution in [0.4, 0.5) is 5.69 Å². The molecule has 1 aromatic carbocycles. The number of para-hydroxylation sites is 1. The SMILES string of the molecule is CC1CCCC(CO)N1CC(=O)N1CCCc2ccccc21. The molecule has 2 heterocycles. The maximum Gasteiger partial charge on any atom is 0.241 e. The average molecular weight is 302 g/mol. The van der Waals surface area contributed by atoms with Crippen molar-refractivity contribution in [3.05, 3.63) is 29.8 Å². The van der Waals surface area contributed by atoms with Gasteiger partial charge in [0.25, 0.3) is 0 Å². The normalized spacial score (nSPS) is 25.8. The largest absolute Gasteiger partial charge is 0.395 e. The van der Waals surface area contributed by atoms with Crippen LogP contribution < -0.4 is 4.90 Å². The molecule has 4 nitrogen and oxygen atoms in total. The highest BCUT2D eigenvalue weighted by Gasteiger charge is 2.31. The molecule has 22 heavy (non-hydrogen) atoms. The summed E-state index contributed by atoms with van der Waals surface area (Å²) in [6.07, 6.45) is 5.33. The molecule has 0 aliphatic carbocycles. The van der Waals surface area contributed by atoms with E-state index in [1.165, 1.54) is 5.56 Å². The minimum absolute atomic E-state index is 0.132. The zero-order valence-corrected chi connectivity index (χ0v) is 13.4. The standard InChI is InChI=1S/C18H26N2O2/c1-14-6-4-9-16(13-21)20(14)12-18(22)19-11-5-8-15-7-2-3-10-17(15)19/h2-3,7,10,14,16,21H,4-6,8-9,11-13H2,1H3. The van der Waals surface area contributed by atoms with Crippen molar-refractivity contribution in [2.45, 2.75) is 51.1 Å². The van der Waals surface area contributed by atoms with Crippen molar-refractivity contribution in [3.8, 4) is 0 Å². The monoisotopic (exact) mass is 302 g/mol. The molecule has 2 atom stereocenters. The number of carbonyl (C=O) groups excluding carboxylic acids is 1. The van der Waals surface area contributed by atoms with E-state index in [1.807, 2.05) is 17.0 Å². The van der Waals surface area contributed by atoms with Gasteiger partial charge in [0.15, 0.2) is 0 Å². The van der Waals surface area contributed by atoms with Gasteiger partial charge in [-0.2, -0.15) is 0 Å². The fourth-order valence-corrected chi connectivity index (χ4v) is 3.86. The van der Waals surface area contributed by atoms with Crippen LogP contribution in [0.15, 0.2) is 24.3 Å². The summed E-state index contributed by atoms with van der Waals surface area (Å²) in [5, 5.41) is 9.59. The number of aryl methyl sites for hydroxylation is 1. The Bertz CT molecular complexity index is 532. The minimum atomic E-state index is 0.132. The molecular formula is C18H26N2O2. The summed E-state index contributed by atoms with van der Waals surface area (Å²) in [6.45, 7) is 3.54. The molecule has 2 aliphatic heterocycles. The molecule has 2 unspecified atom stereocenters. The van der Waals surface area contributed by atoms with Crippen LogP contribution >= 0.6 is 0 Å². The number of hydrogen-bond donors (Lipinski definition) is 1. The molecule has 1 fully saturated rings. The highest BCUT2D eigenvalue weighted by atomic mass is 16.3. The van der Waals surface area contributed by atoms with Crippen LogP contribution in [0.2, 0.25) is 0 Å². The second-order valence-electron chi connectivity index (χ2n) is 6.57. The maximum atomic E-state index is 12.8. The second kappa shape index (κ2) is 6.80. The molecule has 1 saturated heterocycles. The van der Waals surface area contributed by atoms with Gasteiger partial charge in [-0.25, -0.2) is 0 Å². The van der Waals surface area contributed by atoms with Gasteiger partial charge in [0, 0.05) is 24.3 Å². The number of likely N-dealkylation sites (tertiary alicyclic amines) is 1. The van der Waals surface area contributed by atoms with Gasteiger partial charge in [-0.1, -0.05) is 24.6 Å². The van der Waals surface area contributed by atoms with Gasteiger partial charge in [0.2, 0.25) is 5.91 Å². The number of aliphatic hydroxyl groups excluding tert-OH is 1. The lowest BCUT2D eigenvalue weighted by Crippen LogP contribution is -2.52. The van der Waals surface area contributed by atoms with E-state index in [2.05, 4.69) is 24.0 Å². The number of carbonyl (C=O) groups is 1. The summed E-state index contributed by atoms with van der Waals surface area (Å²) >= 11 is 0. The van der Waals surface area contributed by atoms with Gasteiger partial charge >= 0.3 is 0 Å². The second-order valence-corrected chi connectivity index (χ2v) is 6.57. The van der Waals surface area contributed by atoms with E-state index < -0.39 is 0 Å². The molecule has 0 bridgehead atoms. The molecule has 120 valence electrons. The molecule has 4 heteroatoms. The first-order valence-corrected chi connectivity index (χ1v) is 8.45. The molecular weight excluding hydrogens is 276 g/mol. The molecule has 3 rings (SSSR count). The molecule has 0 saturated carbocycles.